The third kappa shape index (κ3) is 4.89. The van der Waals surface area contributed by atoms with Crippen LogP contribution in [0, 0.1) is 0 Å². The lowest BCUT2D eigenvalue weighted by Gasteiger charge is -2.38. The van der Waals surface area contributed by atoms with Crippen LogP contribution in [0.5, 0.6) is 0 Å². The normalized spacial score (nSPS) is 22.4. The number of amides is 1. The summed E-state index contributed by atoms with van der Waals surface area (Å²) in [5.41, 5.74) is 0.823. The van der Waals surface area contributed by atoms with E-state index < -0.39 is 9.84 Å². The van der Waals surface area contributed by atoms with Crippen LogP contribution in [-0.2, 0) is 32.5 Å². The van der Waals surface area contributed by atoms with Crippen molar-refractivity contribution in [3.63, 3.8) is 0 Å². The number of rotatable bonds is 8. The van der Waals surface area contributed by atoms with Gasteiger partial charge in [0, 0.05) is 39.8 Å². The highest BCUT2D eigenvalue weighted by atomic mass is 32.2. The highest BCUT2D eigenvalue weighted by molar-refractivity contribution is 7.91. The van der Waals surface area contributed by atoms with Gasteiger partial charge < -0.3 is 14.2 Å². The third-order valence-electron chi connectivity index (χ3n) is 6.54. The molecule has 8 nitrogen and oxygen atoms in total. The molecule has 0 bridgehead atoms. The lowest BCUT2D eigenvalue weighted by molar-refractivity contribution is -0.141. The van der Waals surface area contributed by atoms with Crippen LogP contribution in [0.1, 0.15) is 58.1 Å². The van der Waals surface area contributed by atoms with Crippen molar-refractivity contribution in [1.82, 2.24) is 19.4 Å². The molecule has 30 heavy (non-hydrogen) atoms. The van der Waals surface area contributed by atoms with Crippen LogP contribution < -0.4 is 0 Å². The zero-order chi connectivity index (χ0) is 21.7. The highest BCUT2D eigenvalue weighted by Crippen LogP contribution is 2.28. The maximum atomic E-state index is 13.4. The van der Waals surface area contributed by atoms with Gasteiger partial charge in [0.25, 0.3) is 0 Å². The summed E-state index contributed by atoms with van der Waals surface area (Å²) < 4.78 is 33.9. The number of hydrogen-bond donors (Lipinski definition) is 0. The molecule has 1 aliphatic heterocycles. The lowest BCUT2D eigenvalue weighted by atomic mass is 10.1. The molecule has 0 unspecified atom stereocenters. The fourth-order valence-corrected chi connectivity index (χ4v) is 6.55. The van der Waals surface area contributed by atoms with Gasteiger partial charge in [-0.1, -0.05) is 25.7 Å². The van der Waals surface area contributed by atoms with Crippen LogP contribution in [-0.4, -0.2) is 78.3 Å². The predicted octanol–water partition coefficient (Wildman–Crippen LogP) is 2.08. The van der Waals surface area contributed by atoms with Crippen molar-refractivity contribution in [1.29, 1.82) is 0 Å². The molecule has 0 N–H and O–H groups in total. The van der Waals surface area contributed by atoms with Crippen LogP contribution in [0.3, 0.4) is 0 Å². The molecule has 1 aromatic heterocycles. The van der Waals surface area contributed by atoms with Crippen molar-refractivity contribution < 1.29 is 17.9 Å². The van der Waals surface area contributed by atoms with Crippen molar-refractivity contribution in [3.05, 3.63) is 11.9 Å². The van der Waals surface area contributed by atoms with E-state index in [2.05, 4.69) is 9.88 Å². The highest BCUT2D eigenvalue weighted by Gasteiger charge is 2.35. The Hall–Kier alpha value is -1.45. The van der Waals surface area contributed by atoms with Gasteiger partial charge in [-0.15, -0.1) is 0 Å². The van der Waals surface area contributed by atoms with E-state index in [1.807, 2.05) is 18.7 Å². The molecule has 0 spiro atoms. The largest absolute Gasteiger partial charge is 0.383 e. The first kappa shape index (κ1) is 23.2. The second-order valence-corrected chi connectivity index (χ2v) is 10.5. The van der Waals surface area contributed by atoms with E-state index in [0.29, 0.717) is 45.6 Å². The van der Waals surface area contributed by atoms with E-state index in [-0.39, 0.29) is 22.4 Å². The molecule has 2 fully saturated rings. The van der Waals surface area contributed by atoms with Crippen molar-refractivity contribution in [2.75, 3.05) is 33.4 Å². The number of carbonyl (C=O) groups is 1. The van der Waals surface area contributed by atoms with E-state index in [9.17, 15) is 13.2 Å². The first-order valence-corrected chi connectivity index (χ1v) is 12.7. The number of ether oxygens (including phenoxy) is 1. The topological polar surface area (TPSA) is 84.7 Å². The Morgan fingerprint density at radius 3 is 2.50 bits per heavy atom. The molecule has 2 heterocycles. The monoisotopic (exact) mass is 440 g/mol. The molecule has 1 aliphatic carbocycles. The number of sulfone groups is 1. The van der Waals surface area contributed by atoms with Crippen LogP contribution in [0.4, 0.5) is 0 Å². The van der Waals surface area contributed by atoms with Crippen LogP contribution in [0.2, 0.25) is 0 Å². The van der Waals surface area contributed by atoms with Crippen molar-refractivity contribution >= 4 is 15.7 Å². The maximum Gasteiger partial charge on any atom is 0.239 e. The Kier molecular flexibility index (Phi) is 7.92. The van der Waals surface area contributed by atoms with Gasteiger partial charge >= 0.3 is 0 Å². The number of aromatic nitrogens is 2. The number of carbonyl (C=O) groups excluding carboxylic acids is 1. The molecule has 9 heteroatoms. The van der Waals surface area contributed by atoms with Crippen molar-refractivity contribution in [2.24, 2.45) is 0 Å². The molecule has 0 radical (unpaired) electrons. The van der Waals surface area contributed by atoms with E-state index >= 15 is 0 Å². The average Bonchev–Trinajstić information content (AvgIpc) is 2.94. The van der Waals surface area contributed by atoms with Crippen molar-refractivity contribution in [2.45, 2.75) is 81.9 Å². The number of methoxy groups -OCH3 is 1. The summed E-state index contributed by atoms with van der Waals surface area (Å²) in [5, 5.41) is -0.197. The fourth-order valence-electron chi connectivity index (χ4n) is 4.58. The van der Waals surface area contributed by atoms with Gasteiger partial charge in [-0.2, -0.15) is 0 Å². The minimum atomic E-state index is -3.50. The Labute approximate surface area is 180 Å². The van der Waals surface area contributed by atoms with Crippen LogP contribution >= 0.6 is 0 Å². The molecular weight excluding hydrogens is 404 g/mol. The van der Waals surface area contributed by atoms with E-state index in [1.54, 1.807) is 17.9 Å². The van der Waals surface area contributed by atoms with Crippen molar-refractivity contribution in [3.8, 4) is 0 Å². The van der Waals surface area contributed by atoms with E-state index in [0.717, 1.165) is 37.9 Å². The molecule has 2 aliphatic rings. The number of piperazine rings is 1. The Morgan fingerprint density at radius 2 is 1.87 bits per heavy atom. The standard InChI is InChI=1S/C21H36N4O4S/c1-4-23-11-12-24(17(2)20(23)26)16-18-15-22-21(25(18)13-14-29-3)30(27,28)19-9-7-5-6-8-10-19/h15,17,19H,4-14,16H2,1-3H3/t17-/m1/s1. The summed E-state index contributed by atoms with van der Waals surface area (Å²) in [6.07, 6.45) is 7.20. The number of hydrogen-bond acceptors (Lipinski definition) is 6. The fraction of sp³-hybridized carbons (Fsp3) is 0.810. The average molecular weight is 441 g/mol. The first-order chi connectivity index (χ1) is 14.4. The number of nitrogens with zero attached hydrogens (tertiary/aromatic N) is 4. The lowest BCUT2D eigenvalue weighted by Crippen LogP contribution is -2.55. The van der Waals surface area contributed by atoms with Gasteiger partial charge in [0.05, 0.1) is 29.8 Å². The van der Waals surface area contributed by atoms with Crippen LogP contribution in [0.25, 0.3) is 0 Å². The quantitative estimate of drug-likeness (QED) is 0.576. The van der Waals surface area contributed by atoms with E-state index in [4.69, 9.17) is 4.74 Å². The molecule has 1 saturated carbocycles. The number of likely N-dealkylation sites (N-methyl/N-ethyl adjacent to an activating group) is 1. The number of imidazole rings is 1. The minimum absolute atomic E-state index is 0.123. The summed E-state index contributed by atoms with van der Waals surface area (Å²) in [4.78, 5) is 20.9. The zero-order valence-electron chi connectivity index (χ0n) is 18.5. The smallest absolute Gasteiger partial charge is 0.239 e. The second-order valence-electron chi connectivity index (χ2n) is 8.40. The Bertz CT molecular complexity index is 815. The van der Waals surface area contributed by atoms with Gasteiger partial charge in [0.1, 0.15) is 0 Å². The second kappa shape index (κ2) is 10.2. The van der Waals surface area contributed by atoms with Crippen LogP contribution in [0.15, 0.2) is 11.4 Å². The van der Waals surface area contributed by atoms with Gasteiger partial charge in [0.15, 0.2) is 0 Å². The van der Waals surface area contributed by atoms with Gasteiger partial charge in [-0.3, -0.25) is 9.69 Å². The molecule has 1 saturated heterocycles. The Balaban J connectivity index is 1.85. The molecule has 0 aromatic carbocycles. The molecule has 170 valence electrons. The summed E-state index contributed by atoms with van der Waals surface area (Å²) >= 11 is 0. The summed E-state index contributed by atoms with van der Waals surface area (Å²) in [7, 11) is -1.89. The molecule has 1 amide bonds. The van der Waals surface area contributed by atoms with Gasteiger partial charge in [0.2, 0.25) is 20.9 Å². The first-order valence-electron chi connectivity index (χ1n) is 11.2. The molecular formula is C21H36N4O4S. The van der Waals surface area contributed by atoms with E-state index in [1.165, 1.54) is 0 Å². The zero-order valence-corrected chi connectivity index (χ0v) is 19.4. The minimum Gasteiger partial charge on any atom is -0.383 e. The summed E-state index contributed by atoms with van der Waals surface area (Å²) in [6.45, 7) is 7.43. The molecule has 1 aromatic rings. The molecule has 1 atom stereocenters. The summed E-state index contributed by atoms with van der Waals surface area (Å²) in [5.74, 6) is 0.123. The Morgan fingerprint density at radius 1 is 1.17 bits per heavy atom. The molecule has 3 rings (SSSR count). The predicted molar refractivity (Wildman–Crippen MR) is 115 cm³/mol. The third-order valence-corrected chi connectivity index (χ3v) is 8.72. The maximum absolute atomic E-state index is 13.4. The SMILES string of the molecule is CCN1CCN(Cc2cnc(S(=O)(=O)C3CCCCCC3)n2CCOC)[C@H](C)C1=O. The van der Waals surface area contributed by atoms with Gasteiger partial charge in [-0.25, -0.2) is 13.4 Å². The van der Waals surface area contributed by atoms with Gasteiger partial charge in [-0.05, 0) is 26.7 Å². The summed E-state index contributed by atoms with van der Waals surface area (Å²) in [6, 6.07) is -0.230.